The third-order valence-corrected chi connectivity index (χ3v) is 5.35. The Labute approximate surface area is 200 Å². The Balaban J connectivity index is 0. The second-order valence-electron chi connectivity index (χ2n) is 8.38. The van der Waals surface area contributed by atoms with Crippen LogP contribution in [-0.4, -0.2) is 94.4 Å². The molecule has 0 amide bonds. The number of carbonyl (C=O) groups is 2. The van der Waals surface area contributed by atoms with E-state index in [-0.39, 0.29) is 38.7 Å². The van der Waals surface area contributed by atoms with E-state index in [9.17, 15) is 9.59 Å². The number of hydrogen-bond acceptors (Lipinski definition) is 7. The summed E-state index contributed by atoms with van der Waals surface area (Å²) in [6, 6.07) is -0.110. The fourth-order valence-corrected chi connectivity index (χ4v) is 3.51. The Morgan fingerprint density at radius 3 is 1.58 bits per heavy atom. The van der Waals surface area contributed by atoms with E-state index in [1.807, 2.05) is 0 Å². The second kappa shape index (κ2) is 27.0. The maximum absolute atomic E-state index is 10.8. The minimum atomic E-state index is -0.856. The SMILES string of the molecule is CCCCCCCCCCCCC(CC(=O)O)NCCC(=O)O.OCCN(CCO)CCO. The number of carboxylic acid groups (broad SMARTS) is 2. The minimum Gasteiger partial charge on any atom is -0.481 e. The van der Waals surface area contributed by atoms with Crippen molar-refractivity contribution in [3.8, 4) is 0 Å². The van der Waals surface area contributed by atoms with Crippen LogP contribution in [0.15, 0.2) is 0 Å². The number of nitrogens with one attached hydrogen (secondary N) is 1. The number of aliphatic hydroxyl groups is 3. The molecule has 0 saturated heterocycles. The van der Waals surface area contributed by atoms with Crippen LogP contribution in [0.5, 0.6) is 0 Å². The first kappa shape index (κ1) is 33.9. The summed E-state index contributed by atoms with van der Waals surface area (Å²) < 4.78 is 0. The lowest BCUT2D eigenvalue weighted by atomic mass is 10.0. The van der Waals surface area contributed by atoms with Gasteiger partial charge in [0.1, 0.15) is 0 Å². The smallest absolute Gasteiger partial charge is 0.304 e. The second-order valence-corrected chi connectivity index (χ2v) is 8.38. The van der Waals surface area contributed by atoms with Crippen molar-refractivity contribution in [1.82, 2.24) is 10.2 Å². The summed E-state index contributed by atoms with van der Waals surface area (Å²) in [6.45, 7) is 4.32. The molecule has 0 aromatic heterocycles. The summed E-state index contributed by atoms with van der Waals surface area (Å²) in [5, 5.41) is 46.0. The van der Waals surface area contributed by atoms with Crippen molar-refractivity contribution in [2.75, 3.05) is 46.0 Å². The van der Waals surface area contributed by atoms with Crippen molar-refractivity contribution in [3.63, 3.8) is 0 Å². The lowest BCUT2D eigenvalue weighted by Gasteiger charge is -2.17. The van der Waals surface area contributed by atoms with E-state index in [0.717, 1.165) is 19.3 Å². The molecule has 0 bridgehead atoms. The number of aliphatic hydroxyl groups excluding tert-OH is 3. The standard InChI is InChI=1S/C18H35NO4.C6H15NO3/c1-2-3-4-5-6-7-8-9-10-11-12-16(15-18(22)23)19-14-13-17(20)21;8-4-1-7(2-5-9)3-6-10/h16,19H,2-15H2,1H3,(H,20,21)(H,22,23);8-10H,1-6H2. The molecule has 9 nitrogen and oxygen atoms in total. The quantitative estimate of drug-likeness (QED) is 0.122. The predicted octanol–water partition coefficient (Wildman–Crippen LogP) is 2.47. The Kier molecular flexibility index (Phi) is 27.7. The molecule has 9 heteroatoms. The molecule has 0 rings (SSSR count). The highest BCUT2D eigenvalue weighted by Gasteiger charge is 2.12. The van der Waals surface area contributed by atoms with E-state index in [2.05, 4.69) is 12.2 Å². The maximum atomic E-state index is 10.8. The third-order valence-electron chi connectivity index (χ3n) is 5.35. The first-order valence-electron chi connectivity index (χ1n) is 12.6. The molecule has 6 N–H and O–H groups in total. The van der Waals surface area contributed by atoms with E-state index in [4.69, 9.17) is 25.5 Å². The molecule has 0 spiro atoms. The van der Waals surface area contributed by atoms with Crippen LogP contribution in [0.3, 0.4) is 0 Å². The van der Waals surface area contributed by atoms with E-state index in [0.29, 0.717) is 26.2 Å². The van der Waals surface area contributed by atoms with E-state index < -0.39 is 11.9 Å². The summed E-state index contributed by atoms with van der Waals surface area (Å²) in [7, 11) is 0. The van der Waals surface area contributed by atoms with Gasteiger partial charge in [-0.05, 0) is 6.42 Å². The molecule has 0 aromatic rings. The zero-order chi connectivity index (χ0) is 25.2. The van der Waals surface area contributed by atoms with Crippen molar-refractivity contribution in [2.45, 2.75) is 96.4 Å². The van der Waals surface area contributed by atoms with E-state index >= 15 is 0 Å². The first-order chi connectivity index (χ1) is 15.9. The molecule has 0 aliphatic carbocycles. The van der Waals surface area contributed by atoms with Crippen molar-refractivity contribution in [2.24, 2.45) is 0 Å². The zero-order valence-electron chi connectivity index (χ0n) is 20.7. The minimum absolute atomic E-state index is 0.0359. The normalized spacial score (nSPS) is 11.8. The molecule has 0 aromatic carbocycles. The molecule has 0 fully saturated rings. The molecular weight excluding hydrogens is 428 g/mol. The number of carboxylic acids is 2. The Morgan fingerprint density at radius 2 is 1.18 bits per heavy atom. The molecule has 0 saturated carbocycles. The van der Waals surface area contributed by atoms with Gasteiger partial charge in [0, 0.05) is 32.2 Å². The van der Waals surface area contributed by atoms with Gasteiger partial charge in [0.25, 0.3) is 0 Å². The van der Waals surface area contributed by atoms with Crippen LogP contribution in [0.1, 0.15) is 90.4 Å². The van der Waals surface area contributed by atoms with Gasteiger partial charge >= 0.3 is 11.9 Å². The monoisotopic (exact) mass is 478 g/mol. The Bertz CT molecular complexity index is 425. The average molecular weight is 479 g/mol. The van der Waals surface area contributed by atoms with Gasteiger partial charge in [-0.1, -0.05) is 71.1 Å². The fourth-order valence-electron chi connectivity index (χ4n) is 3.51. The molecule has 198 valence electrons. The third kappa shape index (κ3) is 28.7. The lowest BCUT2D eigenvalue weighted by molar-refractivity contribution is -0.137. The van der Waals surface area contributed by atoms with Crippen molar-refractivity contribution < 1.29 is 35.1 Å². The van der Waals surface area contributed by atoms with Gasteiger partial charge in [-0.25, -0.2) is 0 Å². The average Bonchev–Trinajstić information content (AvgIpc) is 2.75. The van der Waals surface area contributed by atoms with Gasteiger partial charge < -0.3 is 30.8 Å². The van der Waals surface area contributed by atoms with Crippen LogP contribution < -0.4 is 5.32 Å². The zero-order valence-corrected chi connectivity index (χ0v) is 20.7. The van der Waals surface area contributed by atoms with Gasteiger partial charge in [-0.2, -0.15) is 0 Å². The van der Waals surface area contributed by atoms with E-state index in [1.165, 1.54) is 51.4 Å². The molecule has 0 aliphatic rings. The summed E-state index contributed by atoms with van der Waals surface area (Å²) in [5.41, 5.74) is 0. The van der Waals surface area contributed by atoms with Crippen LogP contribution in [0.4, 0.5) is 0 Å². The van der Waals surface area contributed by atoms with Gasteiger partial charge in [0.05, 0.1) is 32.7 Å². The van der Waals surface area contributed by atoms with E-state index in [1.54, 1.807) is 4.90 Å². The van der Waals surface area contributed by atoms with Crippen LogP contribution in [0, 0.1) is 0 Å². The number of rotatable bonds is 23. The lowest BCUT2D eigenvalue weighted by Crippen LogP contribution is -2.33. The number of hydrogen-bond donors (Lipinski definition) is 6. The maximum Gasteiger partial charge on any atom is 0.304 e. The highest BCUT2D eigenvalue weighted by Crippen LogP contribution is 2.13. The Hall–Kier alpha value is -1.26. The molecule has 0 heterocycles. The summed E-state index contributed by atoms with van der Waals surface area (Å²) in [6.07, 6.45) is 13.5. The predicted molar refractivity (Wildman–Crippen MR) is 130 cm³/mol. The van der Waals surface area contributed by atoms with Crippen molar-refractivity contribution in [3.05, 3.63) is 0 Å². The Morgan fingerprint density at radius 1 is 0.727 bits per heavy atom. The first-order valence-corrected chi connectivity index (χ1v) is 12.6. The molecule has 1 unspecified atom stereocenters. The highest BCUT2D eigenvalue weighted by molar-refractivity contribution is 5.68. The number of aliphatic carboxylic acids is 2. The van der Waals surface area contributed by atoms with Crippen LogP contribution in [-0.2, 0) is 9.59 Å². The number of unbranched alkanes of at least 4 members (excludes halogenated alkanes) is 9. The van der Waals surface area contributed by atoms with Gasteiger partial charge in [0.15, 0.2) is 0 Å². The van der Waals surface area contributed by atoms with Crippen molar-refractivity contribution in [1.29, 1.82) is 0 Å². The van der Waals surface area contributed by atoms with Crippen LogP contribution >= 0.6 is 0 Å². The largest absolute Gasteiger partial charge is 0.481 e. The van der Waals surface area contributed by atoms with Gasteiger partial charge in [-0.15, -0.1) is 0 Å². The molecule has 0 aliphatic heterocycles. The molecular formula is C24H50N2O7. The number of nitrogens with zero attached hydrogens (tertiary/aromatic N) is 1. The van der Waals surface area contributed by atoms with Crippen molar-refractivity contribution >= 4 is 11.9 Å². The summed E-state index contributed by atoms with van der Waals surface area (Å²) in [5.74, 6) is -1.68. The summed E-state index contributed by atoms with van der Waals surface area (Å²) in [4.78, 5) is 23.1. The molecule has 0 radical (unpaired) electrons. The molecule has 33 heavy (non-hydrogen) atoms. The van der Waals surface area contributed by atoms with Gasteiger partial charge in [-0.3, -0.25) is 14.5 Å². The summed E-state index contributed by atoms with van der Waals surface area (Å²) >= 11 is 0. The van der Waals surface area contributed by atoms with Gasteiger partial charge in [0.2, 0.25) is 0 Å². The highest BCUT2D eigenvalue weighted by atomic mass is 16.4. The fraction of sp³-hybridized carbons (Fsp3) is 0.917. The molecule has 1 atom stereocenters. The topological polar surface area (TPSA) is 151 Å². The van der Waals surface area contributed by atoms with Crippen LogP contribution in [0.2, 0.25) is 0 Å². The van der Waals surface area contributed by atoms with Crippen LogP contribution in [0.25, 0.3) is 0 Å².